The summed E-state index contributed by atoms with van der Waals surface area (Å²) in [5.74, 6) is 7.00. The van der Waals surface area contributed by atoms with E-state index >= 15 is 0 Å². The van der Waals surface area contributed by atoms with Crippen LogP contribution in [0.2, 0.25) is 0 Å². The number of rotatable bonds is 9. The van der Waals surface area contributed by atoms with Gasteiger partial charge in [0.25, 0.3) is 0 Å². The summed E-state index contributed by atoms with van der Waals surface area (Å²) in [6, 6.07) is 20.9. The minimum Gasteiger partial charge on any atom is -0.397 e. The van der Waals surface area contributed by atoms with Gasteiger partial charge in [-0.25, -0.2) is 5.84 Å². The Morgan fingerprint density at radius 1 is 1.09 bits per heavy atom. The molecule has 0 radical (unpaired) electrons. The highest BCUT2D eigenvalue weighted by Gasteiger charge is 2.24. The highest BCUT2D eigenvalue weighted by Crippen LogP contribution is 2.29. The third-order valence-electron chi connectivity index (χ3n) is 5.15. The van der Waals surface area contributed by atoms with Gasteiger partial charge in [0.05, 0.1) is 29.6 Å². The third kappa shape index (κ3) is 5.20. The van der Waals surface area contributed by atoms with E-state index in [-0.39, 0.29) is 0 Å². The van der Waals surface area contributed by atoms with E-state index < -0.39 is 6.04 Å². The van der Waals surface area contributed by atoms with Gasteiger partial charge in [0, 0.05) is 12.4 Å². The van der Waals surface area contributed by atoms with Crippen LogP contribution in [0.3, 0.4) is 0 Å². The maximum atomic E-state index is 6.52. The lowest BCUT2D eigenvalue weighted by molar-refractivity contribution is 0.419. The number of hydrazine groups is 1. The van der Waals surface area contributed by atoms with E-state index in [0.29, 0.717) is 18.1 Å². The summed E-state index contributed by atoms with van der Waals surface area (Å²) in [6.07, 6.45) is 1.58. The number of nitrogen functional groups attached to an aromatic ring is 1. The predicted molar refractivity (Wildman–Crippen MR) is 142 cm³/mol. The molecule has 172 valence electrons. The zero-order chi connectivity index (χ0) is 23.9. The fourth-order valence-electron chi connectivity index (χ4n) is 3.55. The molecule has 9 nitrogen and oxygen atoms in total. The molecule has 34 heavy (non-hydrogen) atoms. The molecule has 1 unspecified atom stereocenters. The van der Waals surface area contributed by atoms with Crippen LogP contribution < -0.4 is 22.2 Å². The number of hydrogen-bond donors (Lipinski definition) is 4. The van der Waals surface area contributed by atoms with Gasteiger partial charge >= 0.3 is 0 Å². The van der Waals surface area contributed by atoms with Crippen LogP contribution in [0, 0.1) is 0 Å². The van der Waals surface area contributed by atoms with Crippen LogP contribution in [0.25, 0.3) is 11.0 Å². The number of benzene rings is 3. The molecule has 1 atom stereocenters. The molecular weight excluding hydrogens is 446 g/mol. The van der Waals surface area contributed by atoms with E-state index in [1.807, 2.05) is 66.7 Å². The van der Waals surface area contributed by atoms with Gasteiger partial charge in [-0.2, -0.15) is 13.8 Å². The second-order valence-electron chi connectivity index (χ2n) is 7.45. The van der Waals surface area contributed by atoms with E-state index in [9.17, 15) is 0 Å². The van der Waals surface area contributed by atoms with Gasteiger partial charge in [-0.15, -0.1) is 5.10 Å². The first-order valence-corrected chi connectivity index (χ1v) is 11.2. The number of hydrogen-bond acceptors (Lipinski definition) is 9. The van der Waals surface area contributed by atoms with Crippen molar-refractivity contribution in [1.29, 1.82) is 0 Å². The molecule has 4 rings (SSSR count). The highest BCUT2D eigenvalue weighted by molar-refractivity contribution is 7.00. The molecule has 6 N–H and O–H groups in total. The van der Waals surface area contributed by atoms with Crippen LogP contribution >= 0.6 is 11.7 Å². The quantitative estimate of drug-likeness (QED) is 0.0937. The minimum absolute atomic E-state index is 0.429. The average Bonchev–Trinajstić information content (AvgIpc) is 3.31. The fourth-order valence-corrected chi connectivity index (χ4v) is 4.07. The van der Waals surface area contributed by atoms with Crippen LogP contribution in [0.15, 0.2) is 89.7 Å². The summed E-state index contributed by atoms with van der Waals surface area (Å²) in [5, 5.41) is 16.2. The van der Waals surface area contributed by atoms with Gasteiger partial charge in [0.1, 0.15) is 17.1 Å². The Hall–Kier alpha value is -4.28. The number of nitrogens with zero attached hydrogens (tertiary/aromatic N) is 5. The standard InChI is InChI=1S/C24H25N9S/c1-3-28-20-12-10-18(14-19(20)25)29-23(17-9-11-21-22(13-17)32-34-31-21)24(30-27-2)33(26)15-16-7-5-4-6-8-16/h3-14,23,28-29H,1-2,15,25-26H2/b30-24-. The monoisotopic (exact) mass is 471 g/mol. The molecular formula is C24H25N9S. The molecule has 4 aromatic rings. The van der Waals surface area contributed by atoms with Crippen LogP contribution in [0.4, 0.5) is 17.1 Å². The van der Waals surface area contributed by atoms with Gasteiger partial charge in [0.2, 0.25) is 0 Å². The third-order valence-corrected chi connectivity index (χ3v) is 5.71. The van der Waals surface area contributed by atoms with Crippen molar-refractivity contribution in [2.45, 2.75) is 12.6 Å². The Morgan fingerprint density at radius 2 is 1.88 bits per heavy atom. The van der Waals surface area contributed by atoms with E-state index in [0.717, 1.165) is 33.5 Å². The van der Waals surface area contributed by atoms with Gasteiger partial charge in [0.15, 0.2) is 5.84 Å². The zero-order valence-electron chi connectivity index (χ0n) is 18.4. The van der Waals surface area contributed by atoms with Gasteiger partial charge < -0.3 is 16.4 Å². The maximum absolute atomic E-state index is 6.52. The average molecular weight is 472 g/mol. The number of nitrogens with two attached hydrogens (primary N) is 2. The molecule has 1 heterocycles. The minimum atomic E-state index is -0.470. The van der Waals surface area contributed by atoms with Crippen LogP contribution in [0.1, 0.15) is 17.2 Å². The molecule has 10 heteroatoms. The smallest absolute Gasteiger partial charge is 0.169 e. The second-order valence-corrected chi connectivity index (χ2v) is 7.98. The summed E-state index contributed by atoms with van der Waals surface area (Å²) in [7, 11) is 0. The van der Waals surface area contributed by atoms with Crippen LogP contribution in [0.5, 0.6) is 0 Å². The van der Waals surface area contributed by atoms with E-state index in [4.69, 9.17) is 11.6 Å². The molecule has 0 saturated heterocycles. The number of amidine groups is 1. The lowest BCUT2D eigenvalue weighted by Crippen LogP contribution is -2.42. The van der Waals surface area contributed by atoms with Crippen LogP contribution in [-0.4, -0.2) is 26.3 Å². The fraction of sp³-hybridized carbons (Fsp3) is 0.0833. The first-order chi connectivity index (χ1) is 16.6. The van der Waals surface area contributed by atoms with Gasteiger partial charge in [-0.3, -0.25) is 5.01 Å². The van der Waals surface area contributed by atoms with Crippen LogP contribution in [-0.2, 0) is 6.54 Å². The van der Waals surface area contributed by atoms with Crippen molar-refractivity contribution in [2.24, 2.45) is 16.0 Å². The van der Waals surface area contributed by atoms with E-state index in [2.05, 4.69) is 42.9 Å². The molecule has 0 saturated carbocycles. The molecule has 0 fully saturated rings. The van der Waals surface area contributed by atoms with Crippen molar-refractivity contribution >= 4 is 52.4 Å². The summed E-state index contributed by atoms with van der Waals surface area (Å²) in [4.78, 5) is 0. The van der Waals surface area contributed by atoms with Crippen molar-refractivity contribution in [2.75, 3.05) is 16.4 Å². The molecule has 0 spiro atoms. The summed E-state index contributed by atoms with van der Waals surface area (Å²) < 4.78 is 8.68. The van der Waals surface area contributed by atoms with Crippen molar-refractivity contribution in [3.63, 3.8) is 0 Å². The molecule has 3 aromatic carbocycles. The SMILES string of the molecule is C=CNc1ccc(NC(/C(=N/N=C)N(N)Cc2ccccc2)c2ccc3nsnc3c2)cc1N. The van der Waals surface area contributed by atoms with Gasteiger partial charge in [-0.05, 0) is 47.7 Å². The van der Waals surface area contributed by atoms with Crippen molar-refractivity contribution in [1.82, 2.24) is 13.8 Å². The zero-order valence-corrected chi connectivity index (χ0v) is 19.2. The maximum Gasteiger partial charge on any atom is 0.169 e. The predicted octanol–water partition coefficient (Wildman–Crippen LogP) is 4.37. The number of fused-ring (bicyclic) bond motifs is 1. The molecule has 0 aliphatic rings. The summed E-state index contributed by atoms with van der Waals surface area (Å²) >= 11 is 1.17. The topological polar surface area (TPSA) is 130 Å². The molecule has 1 aromatic heterocycles. The Labute approximate surface area is 201 Å². The van der Waals surface area contributed by atoms with E-state index in [1.165, 1.54) is 11.7 Å². The Balaban J connectivity index is 1.73. The number of nitrogens with one attached hydrogen (secondary N) is 2. The molecule has 0 aliphatic heterocycles. The Morgan fingerprint density at radius 3 is 2.62 bits per heavy atom. The largest absolute Gasteiger partial charge is 0.397 e. The lowest BCUT2D eigenvalue weighted by Gasteiger charge is -2.28. The number of aromatic nitrogens is 2. The highest BCUT2D eigenvalue weighted by atomic mass is 32.1. The second kappa shape index (κ2) is 10.6. The van der Waals surface area contributed by atoms with Crippen molar-refractivity contribution < 1.29 is 0 Å². The Kier molecular flexibility index (Phi) is 7.11. The molecule has 0 aliphatic carbocycles. The molecule has 0 bridgehead atoms. The Bertz CT molecular complexity index is 1320. The summed E-state index contributed by atoms with van der Waals surface area (Å²) in [5.41, 5.74) is 11.9. The molecule has 0 amide bonds. The normalized spacial score (nSPS) is 12.2. The van der Waals surface area contributed by atoms with Crippen molar-refractivity contribution in [3.8, 4) is 0 Å². The lowest BCUT2D eigenvalue weighted by atomic mass is 10.0. The summed E-state index contributed by atoms with van der Waals surface area (Å²) in [6.45, 7) is 7.67. The number of anilines is 3. The first kappa shape index (κ1) is 22.9. The van der Waals surface area contributed by atoms with E-state index in [1.54, 1.807) is 11.2 Å². The van der Waals surface area contributed by atoms with Crippen molar-refractivity contribution in [3.05, 3.63) is 90.6 Å². The first-order valence-electron chi connectivity index (χ1n) is 10.4. The van der Waals surface area contributed by atoms with Gasteiger partial charge in [-0.1, -0.05) is 43.0 Å².